The second-order valence-corrected chi connectivity index (χ2v) is 6.06. The molecule has 1 unspecified atom stereocenters. The van der Waals surface area contributed by atoms with E-state index in [1.54, 1.807) is 0 Å². The molecule has 0 radical (unpaired) electrons. The summed E-state index contributed by atoms with van der Waals surface area (Å²) in [6.45, 7) is 15.5. The Bertz CT molecular complexity index is 213. The third kappa shape index (κ3) is 5.25. The third-order valence-electron chi connectivity index (χ3n) is 3.84. The van der Waals surface area contributed by atoms with E-state index in [1.807, 2.05) is 0 Å². The zero-order valence-corrected chi connectivity index (χ0v) is 12.8. The van der Waals surface area contributed by atoms with Crippen molar-refractivity contribution in [3.63, 3.8) is 0 Å². The van der Waals surface area contributed by atoms with Crippen LogP contribution in [0.1, 0.15) is 47.0 Å². The molecule has 3 nitrogen and oxygen atoms in total. The molecule has 1 rings (SSSR count). The maximum Gasteiger partial charge on any atom is 0.0546 e. The van der Waals surface area contributed by atoms with Gasteiger partial charge in [-0.15, -0.1) is 0 Å². The van der Waals surface area contributed by atoms with E-state index in [-0.39, 0.29) is 0 Å². The van der Waals surface area contributed by atoms with Crippen LogP contribution in [0.4, 0.5) is 0 Å². The molecule has 1 heterocycles. The normalized spacial score (nSPS) is 25.0. The van der Waals surface area contributed by atoms with Gasteiger partial charge >= 0.3 is 0 Å². The number of hydrogen-bond acceptors (Lipinski definition) is 3. The van der Waals surface area contributed by atoms with E-state index >= 15 is 0 Å². The Morgan fingerprint density at radius 1 is 1.33 bits per heavy atom. The summed E-state index contributed by atoms with van der Waals surface area (Å²) in [7, 11) is 0. The summed E-state index contributed by atoms with van der Waals surface area (Å²) in [6.07, 6.45) is 3.75. The first-order valence-corrected chi connectivity index (χ1v) is 7.65. The molecule has 0 aromatic carbocycles. The lowest BCUT2D eigenvalue weighted by Crippen LogP contribution is -2.50. The minimum absolute atomic E-state index is 0.327. The van der Waals surface area contributed by atoms with Gasteiger partial charge in [-0.05, 0) is 32.4 Å². The lowest BCUT2D eigenvalue weighted by molar-refractivity contribution is -0.0263. The Morgan fingerprint density at radius 3 is 2.61 bits per heavy atom. The SMILES string of the molecule is CCCN(CC)CC1(CNC(C)C)CCCOC1. The average Bonchev–Trinajstić information content (AvgIpc) is 2.37. The second kappa shape index (κ2) is 8.13. The van der Waals surface area contributed by atoms with Gasteiger partial charge in [-0.2, -0.15) is 0 Å². The molecular weight excluding hydrogens is 224 g/mol. The van der Waals surface area contributed by atoms with Gasteiger partial charge in [0.05, 0.1) is 6.61 Å². The molecule has 1 N–H and O–H groups in total. The highest BCUT2D eigenvalue weighted by Gasteiger charge is 2.34. The lowest BCUT2D eigenvalue weighted by Gasteiger charge is -2.41. The van der Waals surface area contributed by atoms with Crippen LogP contribution >= 0.6 is 0 Å². The number of nitrogens with one attached hydrogen (secondary N) is 1. The van der Waals surface area contributed by atoms with E-state index in [1.165, 1.54) is 32.4 Å². The zero-order valence-electron chi connectivity index (χ0n) is 12.8. The minimum atomic E-state index is 0.327. The molecule has 1 fully saturated rings. The molecule has 1 aliphatic rings. The highest BCUT2D eigenvalue weighted by atomic mass is 16.5. The first kappa shape index (κ1) is 15.9. The molecule has 0 amide bonds. The topological polar surface area (TPSA) is 24.5 Å². The fourth-order valence-electron chi connectivity index (χ4n) is 2.79. The summed E-state index contributed by atoms with van der Waals surface area (Å²) < 4.78 is 5.77. The molecule has 1 aliphatic heterocycles. The van der Waals surface area contributed by atoms with Gasteiger partial charge in [-0.25, -0.2) is 0 Å². The largest absolute Gasteiger partial charge is 0.381 e. The number of rotatable bonds is 8. The fraction of sp³-hybridized carbons (Fsp3) is 1.00. The molecule has 0 saturated carbocycles. The van der Waals surface area contributed by atoms with E-state index in [9.17, 15) is 0 Å². The Hall–Kier alpha value is -0.120. The van der Waals surface area contributed by atoms with Gasteiger partial charge in [-0.1, -0.05) is 27.7 Å². The first-order chi connectivity index (χ1) is 8.62. The van der Waals surface area contributed by atoms with Crippen molar-refractivity contribution in [3.05, 3.63) is 0 Å². The van der Waals surface area contributed by atoms with Crippen LogP contribution in [0.2, 0.25) is 0 Å². The van der Waals surface area contributed by atoms with Crippen LogP contribution < -0.4 is 5.32 Å². The fourth-order valence-corrected chi connectivity index (χ4v) is 2.79. The van der Waals surface area contributed by atoms with Gasteiger partial charge in [0.15, 0.2) is 0 Å². The molecule has 0 aromatic heterocycles. The number of nitrogens with zero attached hydrogens (tertiary/aromatic N) is 1. The Kier molecular flexibility index (Phi) is 7.20. The van der Waals surface area contributed by atoms with Gasteiger partial charge < -0.3 is 15.0 Å². The summed E-state index contributed by atoms with van der Waals surface area (Å²) in [5.41, 5.74) is 0.327. The molecular formula is C15H32N2O. The molecule has 3 heteroatoms. The Labute approximate surface area is 113 Å². The van der Waals surface area contributed by atoms with Crippen LogP contribution in [0.15, 0.2) is 0 Å². The molecule has 0 bridgehead atoms. The van der Waals surface area contributed by atoms with E-state index in [2.05, 4.69) is 37.9 Å². The Balaban J connectivity index is 2.57. The highest BCUT2D eigenvalue weighted by Crippen LogP contribution is 2.29. The zero-order chi connectivity index (χ0) is 13.4. The molecule has 108 valence electrons. The van der Waals surface area contributed by atoms with Crippen LogP contribution in [0, 0.1) is 5.41 Å². The molecule has 0 aliphatic carbocycles. The van der Waals surface area contributed by atoms with Crippen molar-refractivity contribution in [2.45, 2.75) is 53.0 Å². The van der Waals surface area contributed by atoms with Crippen molar-refractivity contribution in [2.75, 3.05) is 39.4 Å². The standard InChI is InChI=1S/C15H32N2O/c1-5-9-17(6-2)12-15(11-16-14(3)4)8-7-10-18-13-15/h14,16H,5-13H2,1-4H3. The van der Waals surface area contributed by atoms with E-state index in [4.69, 9.17) is 4.74 Å². The van der Waals surface area contributed by atoms with Crippen molar-refractivity contribution < 1.29 is 4.74 Å². The second-order valence-electron chi connectivity index (χ2n) is 6.06. The first-order valence-electron chi connectivity index (χ1n) is 7.65. The predicted octanol–water partition coefficient (Wildman–Crippen LogP) is 2.51. The quantitative estimate of drug-likeness (QED) is 0.722. The van der Waals surface area contributed by atoms with Gasteiger partial charge in [0, 0.05) is 31.2 Å². The third-order valence-corrected chi connectivity index (χ3v) is 3.84. The Morgan fingerprint density at radius 2 is 2.11 bits per heavy atom. The maximum atomic E-state index is 5.77. The number of ether oxygens (including phenoxy) is 1. The molecule has 0 aromatic rings. The summed E-state index contributed by atoms with van der Waals surface area (Å²) in [6, 6.07) is 0.560. The van der Waals surface area contributed by atoms with Crippen molar-refractivity contribution in [2.24, 2.45) is 5.41 Å². The minimum Gasteiger partial charge on any atom is -0.381 e. The molecule has 18 heavy (non-hydrogen) atoms. The van der Waals surface area contributed by atoms with Crippen molar-refractivity contribution in [1.29, 1.82) is 0 Å². The summed E-state index contributed by atoms with van der Waals surface area (Å²) >= 11 is 0. The van der Waals surface area contributed by atoms with E-state index in [0.717, 1.165) is 26.3 Å². The van der Waals surface area contributed by atoms with Crippen LogP contribution in [0.5, 0.6) is 0 Å². The van der Waals surface area contributed by atoms with Crippen molar-refractivity contribution >= 4 is 0 Å². The van der Waals surface area contributed by atoms with Gasteiger partial charge in [0.1, 0.15) is 0 Å². The summed E-state index contributed by atoms with van der Waals surface area (Å²) in [5.74, 6) is 0. The van der Waals surface area contributed by atoms with Crippen LogP contribution in [0.3, 0.4) is 0 Å². The van der Waals surface area contributed by atoms with Crippen LogP contribution in [0.25, 0.3) is 0 Å². The van der Waals surface area contributed by atoms with E-state index in [0.29, 0.717) is 11.5 Å². The van der Waals surface area contributed by atoms with Gasteiger partial charge in [0.25, 0.3) is 0 Å². The average molecular weight is 256 g/mol. The van der Waals surface area contributed by atoms with Gasteiger partial charge in [-0.3, -0.25) is 0 Å². The summed E-state index contributed by atoms with van der Waals surface area (Å²) in [4.78, 5) is 2.58. The molecule has 0 spiro atoms. The van der Waals surface area contributed by atoms with Crippen molar-refractivity contribution in [1.82, 2.24) is 10.2 Å². The maximum absolute atomic E-state index is 5.77. The van der Waals surface area contributed by atoms with Crippen LogP contribution in [-0.4, -0.2) is 50.3 Å². The van der Waals surface area contributed by atoms with Crippen LogP contribution in [-0.2, 0) is 4.74 Å². The smallest absolute Gasteiger partial charge is 0.0546 e. The molecule has 1 saturated heterocycles. The molecule has 1 atom stereocenters. The summed E-state index contributed by atoms with van der Waals surface area (Å²) in [5, 5.41) is 3.62. The number of hydrogen-bond donors (Lipinski definition) is 1. The van der Waals surface area contributed by atoms with Crippen molar-refractivity contribution in [3.8, 4) is 0 Å². The van der Waals surface area contributed by atoms with E-state index < -0.39 is 0 Å². The van der Waals surface area contributed by atoms with Gasteiger partial charge in [0.2, 0.25) is 0 Å². The predicted molar refractivity (Wildman–Crippen MR) is 78.0 cm³/mol. The lowest BCUT2D eigenvalue weighted by atomic mass is 9.81. The highest BCUT2D eigenvalue weighted by molar-refractivity contribution is 4.87. The monoisotopic (exact) mass is 256 g/mol.